The molecule has 136 valence electrons. The molecule has 1 aliphatic carbocycles. The topological polar surface area (TPSA) is 119 Å². The van der Waals surface area contributed by atoms with Gasteiger partial charge in [0.2, 0.25) is 0 Å². The van der Waals surface area contributed by atoms with E-state index in [1.54, 1.807) is 4.68 Å². The van der Waals surface area contributed by atoms with E-state index in [0.717, 1.165) is 30.6 Å². The quantitative estimate of drug-likeness (QED) is 0.557. The summed E-state index contributed by atoms with van der Waals surface area (Å²) in [4.78, 5) is 37.5. The summed E-state index contributed by atoms with van der Waals surface area (Å²) in [5.74, 6) is -0.561. The van der Waals surface area contributed by atoms with E-state index in [-0.39, 0.29) is 12.5 Å². The standard InChI is InChI=1S/C15H22N6O4/c1-2-3-8-21-11(17-18-19-21)10-25-12(22)9-20-13(23)15(16-14(20)24)6-4-5-7-15/h2-10H2,1H3,(H,16,24). The SMILES string of the molecule is CCCCn1nnnc1COC(=O)CN1C(=O)NC2(CCCC2)C1=O. The van der Waals surface area contributed by atoms with E-state index in [4.69, 9.17) is 4.74 Å². The van der Waals surface area contributed by atoms with E-state index >= 15 is 0 Å². The molecule has 1 saturated heterocycles. The van der Waals surface area contributed by atoms with Crippen LogP contribution in [0.5, 0.6) is 0 Å². The molecule has 1 aromatic heterocycles. The number of unbranched alkanes of at least 4 members (excludes halogenated alkanes) is 1. The fraction of sp³-hybridized carbons (Fsp3) is 0.733. The molecule has 1 saturated carbocycles. The Morgan fingerprint density at radius 3 is 2.80 bits per heavy atom. The molecule has 0 bridgehead atoms. The number of tetrazole rings is 1. The second-order valence-corrected chi connectivity index (χ2v) is 6.44. The van der Waals surface area contributed by atoms with Crippen LogP contribution in [0, 0.1) is 0 Å². The van der Waals surface area contributed by atoms with Gasteiger partial charge in [-0.1, -0.05) is 26.2 Å². The molecule has 1 spiro atoms. The Balaban J connectivity index is 1.54. The molecule has 2 aliphatic rings. The van der Waals surface area contributed by atoms with Crippen molar-refractivity contribution < 1.29 is 19.1 Å². The molecule has 2 heterocycles. The number of nitrogens with one attached hydrogen (secondary N) is 1. The third kappa shape index (κ3) is 3.47. The van der Waals surface area contributed by atoms with Gasteiger partial charge >= 0.3 is 12.0 Å². The second kappa shape index (κ2) is 7.16. The molecule has 1 N–H and O–H groups in total. The number of aromatic nitrogens is 4. The molecule has 0 aromatic carbocycles. The van der Waals surface area contributed by atoms with Gasteiger partial charge in [-0.05, 0) is 29.7 Å². The van der Waals surface area contributed by atoms with Crippen LogP contribution < -0.4 is 5.32 Å². The number of nitrogens with zero attached hydrogens (tertiary/aromatic N) is 5. The summed E-state index contributed by atoms with van der Waals surface area (Å²) in [6.07, 6.45) is 4.93. The van der Waals surface area contributed by atoms with Crippen molar-refractivity contribution in [2.45, 2.75) is 64.1 Å². The van der Waals surface area contributed by atoms with Gasteiger partial charge in [-0.2, -0.15) is 0 Å². The maximum absolute atomic E-state index is 12.5. The molecule has 0 radical (unpaired) electrons. The highest BCUT2D eigenvalue weighted by atomic mass is 16.5. The van der Waals surface area contributed by atoms with Gasteiger partial charge in [0.1, 0.15) is 12.1 Å². The molecule has 1 aromatic rings. The molecule has 10 heteroatoms. The number of ether oxygens (including phenoxy) is 1. The molecule has 3 rings (SSSR count). The Bertz CT molecular complexity index is 667. The van der Waals surface area contributed by atoms with Crippen LogP contribution in [0.1, 0.15) is 51.3 Å². The van der Waals surface area contributed by atoms with Gasteiger partial charge < -0.3 is 10.1 Å². The molecule has 0 atom stereocenters. The zero-order chi connectivity index (χ0) is 17.9. The van der Waals surface area contributed by atoms with Gasteiger partial charge in [-0.15, -0.1) is 5.10 Å². The lowest BCUT2D eigenvalue weighted by Gasteiger charge is -2.19. The first-order chi connectivity index (χ1) is 12.1. The highest BCUT2D eigenvalue weighted by molar-refractivity contribution is 6.08. The Morgan fingerprint density at radius 2 is 2.08 bits per heavy atom. The van der Waals surface area contributed by atoms with Gasteiger partial charge in [0.15, 0.2) is 12.4 Å². The van der Waals surface area contributed by atoms with Crippen LogP contribution in [0.2, 0.25) is 0 Å². The fourth-order valence-electron chi connectivity index (χ4n) is 3.27. The van der Waals surface area contributed by atoms with E-state index < -0.39 is 24.1 Å². The van der Waals surface area contributed by atoms with Crippen molar-refractivity contribution >= 4 is 17.9 Å². The monoisotopic (exact) mass is 350 g/mol. The number of esters is 1. The Labute approximate surface area is 144 Å². The number of imide groups is 1. The van der Waals surface area contributed by atoms with Crippen molar-refractivity contribution in [1.82, 2.24) is 30.4 Å². The predicted molar refractivity (Wildman–Crippen MR) is 84.0 cm³/mol. The smallest absolute Gasteiger partial charge is 0.326 e. The van der Waals surface area contributed by atoms with Crippen molar-refractivity contribution in [3.05, 3.63) is 5.82 Å². The van der Waals surface area contributed by atoms with Crippen LogP contribution in [0.4, 0.5) is 4.79 Å². The normalized spacial score (nSPS) is 18.8. The first kappa shape index (κ1) is 17.3. The fourth-order valence-corrected chi connectivity index (χ4v) is 3.27. The van der Waals surface area contributed by atoms with Crippen LogP contribution in [0.25, 0.3) is 0 Å². The lowest BCUT2D eigenvalue weighted by atomic mass is 9.98. The van der Waals surface area contributed by atoms with Crippen molar-refractivity contribution in [3.8, 4) is 0 Å². The van der Waals surface area contributed by atoms with Gasteiger partial charge in [0, 0.05) is 6.54 Å². The third-order valence-corrected chi connectivity index (χ3v) is 4.68. The van der Waals surface area contributed by atoms with E-state index in [9.17, 15) is 14.4 Å². The summed E-state index contributed by atoms with van der Waals surface area (Å²) >= 11 is 0. The average molecular weight is 350 g/mol. The number of carbonyl (C=O) groups is 3. The summed E-state index contributed by atoms with van der Waals surface area (Å²) < 4.78 is 6.72. The third-order valence-electron chi connectivity index (χ3n) is 4.68. The summed E-state index contributed by atoms with van der Waals surface area (Å²) in [6, 6.07) is -0.531. The van der Waals surface area contributed by atoms with Gasteiger partial charge in [-0.25, -0.2) is 9.48 Å². The van der Waals surface area contributed by atoms with E-state index in [1.807, 2.05) is 0 Å². The first-order valence-corrected chi connectivity index (χ1v) is 8.60. The minimum Gasteiger partial charge on any atom is -0.456 e. The number of hydrogen-bond donors (Lipinski definition) is 1. The van der Waals surface area contributed by atoms with Crippen LogP contribution in [0.3, 0.4) is 0 Å². The molecule has 10 nitrogen and oxygen atoms in total. The predicted octanol–water partition coefficient (Wildman–Crippen LogP) is 0.381. The maximum atomic E-state index is 12.5. The molecule has 2 fully saturated rings. The average Bonchev–Trinajstić information content (AvgIpc) is 3.29. The maximum Gasteiger partial charge on any atom is 0.326 e. The number of amides is 3. The Hall–Kier alpha value is -2.52. The Morgan fingerprint density at radius 1 is 1.32 bits per heavy atom. The first-order valence-electron chi connectivity index (χ1n) is 8.60. The molecular weight excluding hydrogens is 328 g/mol. The molecule has 0 unspecified atom stereocenters. The lowest BCUT2D eigenvalue weighted by Crippen LogP contribution is -2.44. The number of aryl methyl sites for hydroxylation is 1. The zero-order valence-corrected chi connectivity index (χ0v) is 14.2. The van der Waals surface area contributed by atoms with Gasteiger partial charge in [0.25, 0.3) is 5.91 Å². The summed E-state index contributed by atoms with van der Waals surface area (Å²) in [5, 5.41) is 14.0. The molecule has 3 amide bonds. The lowest BCUT2D eigenvalue weighted by molar-refractivity contribution is -0.149. The van der Waals surface area contributed by atoms with Crippen molar-refractivity contribution in [2.24, 2.45) is 0 Å². The summed E-state index contributed by atoms with van der Waals surface area (Å²) in [7, 11) is 0. The largest absolute Gasteiger partial charge is 0.456 e. The molecule has 1 aliphatic heterocycles. The molecular formula is C15H22N6O4. The highest BCUT2D eigenvalue weighted by Crippen LogP contribution is 2.34. The number of urea groups is 1. The highest BCUT2D eigenvalue weighted by Gasteiger charge is 2.52. The van der Waals surface area contributed by atoms with Crippen LogP contribution in [0.15, 0.2) is 0 Å². The minimum absolute atomic E-state index is 0.0929. The van der Waals surface area contributed by atoms with Gasteiger partial charge in [0.05, 0.1) is 0 Å². The summed E-state index contributed by atoms with van der Waals surface area (Å²) in [5.41, 5.74) is -0.818. The Kier molecular flexibility index (Phi) is 4.95. The van der Waals surface area contributed by atoms with Crippen LogP contribution in [-0.4, -0.2) is 55.1 Å². The zero-order valence-electron chi connectivity index (χ0n) is 14.2. The molecule has 25 heavy (non-hydrogen) atoms. The van der Waals surface area contributed by atoms with Crippen LogP contribution in [-0.2, 0) is 27.5 Å². The van der Waals surface area contributed by atoms with Crippen molar-refractivity contribution in [2.75, 3.05) is 6.54 Å². The van der Waals surface area contributed by atoms with Gasteiger partial charge in [-0.3, -0.25) is 14.5 Å². The minimum atomic E-state index is -0.818. The van der Waals surface area contributed by atoms with E-state index in [0.29, 0.717) is 25.2 Å². The second-order valence-electron chi connectivity index (χ2n) is 6.44. The number of carbonyl (C=O) groups excluding carboxylic acids is 3. The van der Waals surface area contributed by atoms with Crippen LogP contribution >= 0.6 is 0 Å². The van der Waals surface area contributed by atoms with Crippen molar-refractivity contribution in [3.63, 3.8) is 0 Å². The van der Waals surface area contributed by atoms with Crippen molar-refractivity contribution in [1.29, 1.82) is 0 Å². The number of rotatable bonds is 7. The van der Waals surface area contributed by atoms with E-state index in [2.05, 4.69) is 27.8 Å². The van der Waals surface area contributed by atoms with E-state index in [1.165, 1.54) is 0 Å². The number of hydrogen-bond acceptors (Lipinski definition) is 7. The summed E-state index contributed by atoms with van der Waals surface area (Å²) in [6.45, 7) is 2.21.